The number of benzene rings is 3. The van der Waals surface area contributed by atoms with Crippen molar-refractivity contribution in [3.8, 4) is 0 Å². The first-order valence-corrected chi connectivity index (χ1v) is 9.55. The number of hydrogen-bond acceptors (Lipinski definition) is 3. The van der Waals surface area contributed by atoms with Gasteiger partial charge in [-0.25, -0.2) is 8.42 Å². The van der Waals surface area contributed by atoms with Crippen LogP contribution in [0.4, 0.5) is 11.4 Å². The maximum atomic E-state index is 12.5. The summed E-state index contributed by atoms with van der Waals surface area (Å²) in [6.45, 7) is 0. The molecule has 26 heavy (non-hydrogen) atoms. The fraction of sp³-hybridized carbons (Fsp3) is 0. The first kappa shape index (κ1) is 18.0. The van der Waals surface area contributed by atoms with E-state index in [0.29, 0.717) is 16.4 Å². The predicted molar refractivity (Wildman–Crippen MR) is 103 cm³/mol. The van der Waals surface area contributed by atoms with Crippen LogP contribution in [0.15, 0.2) is 83.8 Å². The van der Waals surface area contributed by atoms with Crippen molar-refractivity contribution in [3.63, 3.8) is 0 Å². The van der Waals surface area contributed by atoms with Gasteiger partial charge >= 0.3 is 0 Å². The van der Waals surface area contributed by atoms with E-state index in [1.807, 2.05) is 0 Å². The summed E-state index contributed by atoms with van der Waals surface area (Å²) in [4.78, 5) is 12.4. The molecule has 0 fully saturated rings. The van der Waals surface area contributed by atoms with E-state index in [-0.39, 0.29) is 10.5 Å². The molecule has 0 unspecified atom stereocenters. The summed E-state index contributed by atoms with van der Waals surface area (Å²) < 4.78 is 27.5. The third-order valence-electron chi connectivity index (χ3n) is 3.52. The normalized spacial score (nSPS) is 11.0. The predicted octanol–water partition coefficient (Wildman–Crippen LogP) is 4.39. The van der Waals surface area contributed by atoms with Gasteiger partial charge in [-0.05, 0) is 48.5 Å². The Morgan fingerprint density at radius 3 is 2.23 bits per heavy atom. The smallest absolute Gasteiger partial charge is 0.261 e. The van der Waals surface area contributed by atoms with Crippen LogP contribution in [-0.4, -0.2) is 14.3 Å². The molecule has 1 amide bonds. The largest absolute Gasteiger partial charge is 0.322 e. The zero-order chi connectivity index (χ0) is 18.6. The Morgan fingerprint density at radius 2 is 1.50 bits per heavy atom. The zero-order valence-corrected chi connectivity index (χ0v) is 15.1. The van der Waals surface area contributed by atoms with Gasteiger partial charge in [-0.15, -0.1) is 0 Å². The van der Waals surface area contributed by atoms with Crippen LogP contribution in [0.5, 0.6) is 0 Å². The number of carbonyl (C=O) groups is 1. The molecule has 0 aliphatic rings. The van der Waals surface area contributed by atoms with Crippen molar-refractivity contribution >= 4 is 38.9 Å². The second kappa shape index (κ2) is 7.59. The highest BCUT2D eigenvalue weighted by Crippen LogP contribution is 2.19. The highest BCUT2D eigenvalue weighted by molar-refractivity contribution is 7.92. The molecule has 3 aromatic rings. The minimum absolute atomic E-state index is 0.0000900. The molecule has 0 bridgehead atoms. The van der Waals surface area contributed by atoms with E-state index >= 15 is 0 Å². The SMILES string of the molecule is O=C(Nc1cccc(Cl)c1)c1cccc(S(=O)(=O)Nc2ccccc2)c1. The van der Waals surface area contributed by atoms with E-state index in [2.05, 4.69) is 10.0 Å². The van der Waals surface area contributed by atoms with Crippen LogP contribution in [0.1, 0.15) is 10.4 Å². The van der Waals surface area contributed by atoms with E-state index < -0.39 is 15.9 Å². The second-order valence-corrected chi connectivity index (χ2v) is 7.58. The van der Waals surface area contributed by atoms with Crippen molar-refractivity contribution in [2.45, 2.75) is 4.90 Å². The summed E-state index contributed by atoms with van der Waals surface area (Å²) in [5, 5.41) is 3.18. The molecule has 7 heteroatoms. The van der Waals surface area contributed by atoms with E-state index in [1.54, 1.807) is 60.7 Å². The molecule has 0 saturated carbocycles. The molecular weight excluding hydrogens is 372 g/mol. The molecule has 3 rings (SSSR count). The van der Waals surface area contributed by atoms with E-state index in [0.717, 1.165) is 0 Å². The molecule has 0 radical (unpaired) electrons. The molecule has 5 nitrogen and oxygen atoms in total. The average Bonchev–Trinajstić information content (AvgIpc) is 2.62. The van der Waals surface area contributed by atoms with Crippen molar-refractivity contribution in [1.82, 2.24) is 0 Å². The van der Waals surface area contributed by atoms with Crippen molar-refractivity contribution in [1.29, 1.82) is 0 Å². The Morgan fingerprint density at radius 1 is 0.808 bits per heavy atom. The lowest BCUT2D eigenvalue weighted by atomic mass is 10.2. The first-order chi connectivity index (χ1) is 12.4. The molecule has 0 aromatic heterocycles. The molecule has 0 aliphatic carbocycles. The number of para-hydroxylation sites is 1. The fourth-order valence-electron chi connectivity index (χ4n) is 2.29. The first-order valence-electron chi connectivity index (χ1n) is 7.69. The molecule has 2 N–H and O–H groups in total. The van der Waals surface area contributed by atoms with Crippen molar-refractivity contribution in [2.24, 2.45) is 0 Å². The van der Waals surface area contributed by atoms with Crippen LogP contribution < -0.4 is 10.0 Å². The molecule has 0 atom stereocenters. The zero-order valence-electron chi connectivity index (χ0n) is 13.5. The second-order valence-electron chi connectivity index (χ2n) is 5.46. The standard InChI is InChI=1S/C19H15ClN2O3S/c20-15-7-5-10-17(13-15)21-19(23)14-6-4-11-18(12-14)26(24,25)22-16-8-2-1-3-9-16/h1-13,22H,(H,21,23). The Labute approximate surface area is 156 Å². The van der Waals surface area contributed by atoms with Crippen molar-refractivity contribution in [2.75, 3.05) is 10.0 Å². The van der Waals surface area contributed by atoms with Crippen LogP contribution in [0, 0.1) is 0 Å². The van der Waals surface area contributed by atoms with E-state index in [1.165, 1.54) is 18.2 Å². The van der Waals surface area contributed by atoms with Crippen LogP contribution in [0.2, 0.25) is 5.02 Å². The highest BCUT2D eigenvalue weighted by Gasteiger charge is 2.16. The monoisotopic (exact) mass is 386 g/mol. The molecule has 3 aromatic carbocycles. The van der Waals surface area contributed by atoms with Gasteiger partial charge in [0.1, 0.15) is 0 Å². The molecule has 0 aliphatic heterocycles. The number of sulfonamides is 1. The number of hydrogen-bond donors (Lipinski definition) is 2. The number of rotatable bonds is 5. The number of halogens is 1. The topological polar surface area (TPSA) is 75.3 Å². The van der Waals surface area contributed by atoms with Gasteiger partial charge in [0.2, 0.25) is 0 Å². The van der Waals surface area contributed by atoms with Crippen LogP contribution in [0.25, 0.3) is 0 Å². The Bertz CT molecular complexity index is 1040. The van der Waals surface area contributed by atoms with Gasteiger partial charge in [0.05, 0.1) is 4.90 Å². The molecule has 132 valence electrons. The highest BCUT2D eigenvalue weighted by atomic mass is 35.5. The molecule has 0 saturated heterocycles. The lowest BCUT2D eigenvalue weighted by molar-refractivity contribution is 0.102. The average molecular weight is 387 g/mol. The van der Waals surface area contributed by atoms with Crippen molar-refractivity contribution in [3.05, 3.63) is 89.4 Å². The quantitative estimate of drug-likeness (QED) is 0.682. The molecular formula is C19H15ClN2O3S. The third-order valence-corrected chi connectivity index (χ3v) is 5.13. The van der Waals surface area contributed by atoms with Gasteiger partial charge in [-0.3, -0.25) is 9.52 Å². The van der Waals surface area contributed by atoms with Gasteiger partial charge in [0, 0.05) is 22.0 Å². The van der Waals surface area contributed by atoms with Crippen LogP contribution in [0.3, 0.4) is 0 Å². The van der Waals surface area contributed by atoms with Gasteiger partial charge in [-0.2, -0.15) is 0 Å². The van der Waals surface area contributed by atoms with Crippen LogP contribution in [-0.2, 0) is 10.0 Å². The Kier molecular flexibility index (Phi) is 5.25. The summed E-state index contributed by atoms with van der Waals surface area (Å²) in [7, 11) is -3.80. The Balaban J connectivity index is 1.82. The molecule has 0 heterocycles. The van der Waals surface area contributed by atoms with Gasteiger partial charge < -0.3 is 5.32 Å². The van der Waals surface area contributed by atoms with Crippen molar-refractivity contribution < 1.29 is 13.2 Å². The number of amides is 1. The summed E-state index contributed by atoms with van der Waals surface area (Å²) in [5.41, 5.74) is 1.19. The summed E-state index contributed by atoms with van der Waals surface area (Å²) in [6.07, 6.45) is 0. The maximum absolute atomic E-state index is 12.5. The summed E-state index contributed by atoms with van der Waals surface area (Å²) in [5.74, 6) is -0.427. The minimum atomic E-state index is -3.80. The summed E-state index contributed by atoms with van der Waals surface area (Å²) >= 11 is 5.90. The van der Waals surface area contributed by atoms with E-state index in [4.69, 9.17) is 11.6 Å². The van der Waals surface area contributed by atoms with Gasteiger partial charge in [0.15, 0.2) is 0 Å². The maximum Gasteiger partial charge on any atom is 0.261 e. The summed E-state index contributed by atoms with van der Waals surface area (Å²) in [6, 6.07) is 21.1. The third kappa shape index (κ3) is 4.41. The number of anilines is 2. The lowest BCUT2D eigenvalue weighted by Gasteiger charge is -2.10. The minimum Gasteiger partial charge on any atom is -0.322 e. The fourth-order valence-corrected chi connectivity index (χ4v) is 3.59. The number of carbonyl (C=O) groups excluding carboxylic acids is 1. The van der Waals surface area contributed by atoms with E-state index in [9.17, 15) is 13.2 Å². The number of nitrogens with one attached hydrogen (secondary N) is 2. The Hall–Kier alpha value is -2.83. The van der Waals surface area contributed by atoms with Crippen LogP contribution >= 0.6 is 11.6 Å². The van der Waals surface area contributed by atoms with Gasteiger partial charge in [0.25, 0.3) is 15.9 Å². The lowest BCUT2D eigenvalue weighted by Crippen LogP contribution is -2.16. The molecule has 0 spiro atoms. The van der Waals surface area contributed by atoms with Gasteiger partial charge in [-0.1, -0.05) is 41.9 Å².